The zero-order valence-corrected chi connectivity index (χ0v) is 13.8. The molecule has 0 bridgehead atoms. The van der Waals surface area contributed by atoms with Crippen molar-refractivity contribution >= 4 is 31.6 Å². The minimum absolute atomic E-state index is 0.272. The van der Waals surface area contributed by atoms with E-state index < -0.39 is 15.1 Å². The molecule has 1 unspecified atom stereocenters. The number of aromatic nitrogens is 2. The minimum Gasteiger partial charge on any atom is -0.378 e. The van der Waals surface area contributed by atoms with Crippen molar-refractivity contribution in [3.05, 3.63) is 16.0 Å². The maximum atomic E-state index is 11.6. The summed E-state index contributed by atoms with van der Waals surface area (Å²) in [6.45, 7) is 4.47. The smallest absolute Gasteiger partial charge is 0.157 e. The summed E-state index contributed by atoms with van der Waals surface area (Å²) in [6, 6.07) is 0. The predicted octanol–water partition coefficient (Wildman–Crippen LogP) is 1.92. The Hall–Kier alpha value is -0.730. The van der Waals surface area contributed by atoms with Crippen LogP contribution in [-0.2, 0) is 21.2 Å². The Balaban J connectivity index is 3.33. The lowest BCUT2D eigenvalue weighted by molar-refractivity contribution is 0.180. The van der Waals surface area contributed by atoms with E-state index in [0.717, 1.165) is 0 Å². The van der Waals surface area contributed by atoms with E-state index in [9.17, 15) is 8.42 Å². The normalized spacial score (nSPS) is 13.3. The van der Waals surface area contributed by atoms with Gasteiger partial charge >= 0.3 is 0 Å². The molecule has 0 saturated heterocycles. The molecule has 0 amide bonds. The lowest BCUT2D eigenvalue weighted by atomic mass is 10.3. The number of hydrogen-bond donors (Lipinski definition) is 1. The topological polar surface area (TPSA) is 81.2 Å². The number of rotatable bonds is 6. The lowest BCUT2D eigenvalue weighted by Gasteiger charge is -2.14. The molecule has 1 rings (SSSR count). The lowest BCUT2D eigenvalue weighted by Crippen LogP contribution is -2.15. The van der Waals surface area contributed by atoms with Gasteiger partial charge in [-0.3, -0.25) is 0 Å². The molecule has 8 heteroatoms. The van der Waals surface area contributed by atoms with Crippen molar-refractivity contribution in [1.29, 1.82) is 0 Å². The molecule has 1 N–H and O–H groups in total. The van der Waals surface area contributed by atoms with Gasteiger partial charge in [0.25, 0.3) is 0 Å². The Morgan fingerprint density at radius 2 is 2.05 bits per heavy atom. The summed E-state index contributed by atoms with van der Waals surface area (Å²) in [5, 5.41) is 2.32. The summed E-state index contributed by atoms with van der Waals surface area (Å²) in [4.78, 5) is 8.54. The van der Waals surface area contributed by atoms with Gasteiger partial charge in [-0.25, -0.2) is 18.4 Å². The number of hydrogen-bond acceptors (Lipinski definition) is 6. The molecule has 0 aliphatic carbocycles. The van der Waals surface area contributed by atoms with E-state index >= 15 is 0 Å². The fourth-order valence-corrected chi connectivity index (χ4v) is 2.32. The van der Waals surface area contributed by atoms with E-state index in [0.29, 0.717) is 22.5 Å². The van der Waals surface area contributed by atoms with Gasteiger partial charge in [-0.1, -0.05) is 0 Å². The number of ether oxygens (including phenoxy) is 1. The highest BCUT2D eigenvalue weighted by molar-refractivity contribution is 9.10. The molecule has 0 fully saturated rings. The molecular weight excluding hydrogens is 334 g/mol. The number of halogens is 1. The number of methoxy groups -OCH3 is 1. The fraction of sp³-hybridized carbons (Fsp3) is 0.636. The summed E-state index contributed by atoms with van der Waals surface area (Å²) in [6.07, 6.45) is 1.17. The highest BCUT2D eigenvalue weighted by Crippen LogP contribution is 2.27. The second-order valence-electron chi connectivity index (χ2n) is 4.13. The van der Waals surface area contributed by atoms with E-state index in [-0.39, 0.29) is 12.4 Å². The van der Waals surface area contributed by atoms with E-state index in [2.05, 4.69) is 31.2 Å². The average molecular weight is 352 g/mol. The second-order valence-corrected chi connectivity index (χ2v) is 7.29. The van der Waals surface area contributed by atoms with Crippen LogP contribution in [0.1, 0.15) is 30.6 Å². The van der Waals surface area contributed by atoms with E-state index in [4.69, 9.17) is 4.74 Å². The number of sulfone groups is 1. The number of nitrogens with zero attached hydrogens (tertiary/aromatic N) is 2. The number of anilines is 1. The van der Waals surface area contributed by atoms with E-state index in [1.54, 1.807) is 14.0 Å². The van der Waals surface area contributed by atoms with Gasteiger partial charge in [0.05, 0.1) is 16.8 Å². The Labute approximate surface area is 122 Å². The van der Waals surface area contributed by atoms with Crippen molar-refractivity contribution in [1.82, 2.24) is 9.97 Å². The van der Waals surface area contributed by atoms with Crippen molar-refractivity contribution in [2.75, 3.05) is 25.2 Å². The van der Waals surface area contributed by atoms with Gasteiger partial charge in [0, 0.05) is 19.9 Å². The molecule has 6 nitrogen and oxygen atoms in total. The monoisotopic (exact) mass is 351 g/mol. The zero-order valence-electron chi connectivity index (χ0n) is 11.4. The van der Waals surface area contributed by atoms with Crippen LogP contribution in [0.15, 0.2) is 4.47 Å². The largest absolute Gasteiger partial charge is 0.378 e. The molecule has 108 valence electrons. The summed E-state index contributed by atoms with van der Waals surface area (Å²) >= 11 is 3.40. The molecule has 1 aromatic heterocycles. The van der Waals surface area contributed by atoms with Crippen molar-refractivity contribution in [2.24, 2.45) is 0 Å². The Morgan fingerprint density at radius 1 is 1.42 bits per heavy atom. The first-order valence-electron chi connectivity index (χ1n) is 5.79. The Kier molecular flexibility index (Phi) is 5.69. The van der Waals surface area contributed by atoms with Crippen molar-refractivity contribution < 1.29 is 13.2 Å². The maximum absolute atomic E-state index is 11.6. The summed E-state index contributed by atoms with van der Waals surface area (Å²) in [5.41, 5.74) is 0.624. The van der Waals surface area contributed by atoms with E-state index in [1.807, 2.05) is 6.92 Å². The minimum atomic E-state index is -3.24. The molecular formula is C11H18BrN3O3S. The molecule has 0 aliphatic rings. The van der Waals surface area contributed by atoms with Gasteiger partial charge in [-0.05, 0) is 29.8 Å². The highest BCUT2D eigenvalue weighted by Gasteiger charge is 2.23. The van der Waals surface area contributed by atoms with Crippen LogP contribution in [0.3, 0.4) is 0 Å². The van der Waals surface area contributed by atoms with Crippen LogP contribution in [0.25, 0.3) is 0 Å². The first-order chi connectivity index (χ1) is 8.81. The first kappa shape index (κ1) is 16.3. The van der Waals surface area contributed by atoms with Gasteiger partial charge in [-0.2, -0.15) is 0 Å². The Bertz CT molecular complexity index is 521. The highest BCUT2D eigenvalue weighted by atomic mass is 79.9. The molecule has 0 aromatic carbocycles. The zero-order chi connectivity index (χ0) is 14.6. The third-order valence-electron chi connectivity index (χ3n) is 2.57. The first-order valence-corrected chi connectivity index (χ1v) is 8.54. The van der Waals surface area contributed by atoms with Crippen LogP contribution in [0.5, 0.6) is 0 Å². The molecule has 0 aliphatic heterocycles. The summed E-state index contributed by atoms with van der Waals surface area (Å²) in [5.74, 6) is 0.851. The van der Waals surface area contributed by atoms with Crippen LogP contribution in [0.2, 0.25) is 0 Å². The van der Waals surface area contributed by atoms with Gasteiger partial charge in [0.2, 0.25) is 0 Å². The van der Waals surface area contributed by atoms with Gasteiger partial charge in [0.1, 0.15) is 16.9 Å². The SMILES string of the molecule is CCNc1nc(C(C)S(C)(=O)=O)nc(COC)c1Br. The second kappa shape index (κ2) is 6.62. The molecule has 0 spiro atoms. The molecule has 0 radical (unpaired) electrons. The van der Waals surface area contributed by atoms with Crippen LogP contribution < -0.4 is 5.32 Å². The van der Waals surface area contributed by atoms with E-state index in [1.165, 1.54) is 6.26 Å². The third-order valence-corrected chi connectivity index (χ3v) is 4.90. The third kappa shape index (κ3) is 4.12. The molecule has 19 heavy (non-hydrogen) atoms. The van der Waals surface area contributed by atoms with Crippen molar-refractivity contribution in [3.8, 4) is 0 Å². The Morgan fingerprint density at radius 3 is 2.53 bits per heavy atom. The molecule has 0 saturated carbocycles. The van der Waals surface area contributed by atoms with Gasteiger partial charge < -0.3 is 10.1 Å². The molecule has 1 atom stereocenters. The van der Waals surface area contributed by atoms with Crippen molar-refractivity contribution in [3.63, 3.8) is 0 Å². The van der Waals surface area contributed by atoms with Gasteiger partial charge in [-0.15, -0.1) is 0 Å². The average Bonchev–Trinajstić information content (AvgIpc) is 2.32. The quantitative estimate of drug-likeness (QED) is 0.843. The molecule has 1 aromatic rings. The maximum Gasteiger partial charge on any atom is 0.157 e. The predicted molar refractivity (Wildman–Crippen MR) is 77.9 cm³/mol. The van der Waals surface area contributed by atoms with Gasteiger partial charge in [0.15, 0.2) is 9.84 Å². The standard InChI is InChI=1S/C11H18BrN3O3S/c1-5-13-11-9(12)8(6-18-3)14-10(15-11)7(2)19(4,16)17/h7H,5-6H2,1-4H3,(H,13,14,15). The van der Waals surface area contributed by atoms with Crippen LogP contribution in [0, 0.1) is 0 Å². The summed E-state index contributed by atoms with van der Waals surface area (Å²) in [7, 11) is -1.68. The van der Waals surface area contributed by atoms with Crippen LogP contribution in [-0.4, -0.2) is 38.3 Å². The van der Waals surface area contributed by atoms with Crippen molar-refractivity contribution in [2.45, 2.75) is 25.7 Å². The summed E-state index contributed by atoms with van der Waals surface area (Å²) < 4.78 is 29.0. The van der Waals surface area contributed by atoms with Crippen LogP contribution >= 0.6 is 15.9 Å². The molecule has 1 heterocycles. The fourth-order valence-electron chi connectivity index (χ4n) is 1.40. The number of nitrogens with one attached hydrogen (secondary N) is 1. The van der Waals surface area contributed by atoms with Crippen LogP contribution in [0.4, 0.5) is 5.82 Å².